The van der Waals surface area contributed by atoms with Crippen LogP contribution in [0.2, 0.25) is 0 Å². The van der Waals surface area contributed by atoms with Gasteiger partial charge in [-0.1, -0.05) is 78.7 Å². The SMILES string of the molecule is CC(CC(=O)c1ccccc1)C(Cl)(Cl)S(=O)c1ccccc1. The third-order valence-electron chi connectivity index (χ3n) is 3.37. The van der Waals surface area contributed by atoms with E-state index in [0.29, 0.717) is 10.5 Å². The van der Waals surface area contributed by atoms with Crippen molar-refractivity contribution in [3.63, 3.8) is 0 Å². The maximum atomic E-state index is 12.6. The Morgan fingerprint density at radius 2 is 1.55 bits per heavy atom. The second-order valence-electron chi connectivity index (χ2n) is 5.04. The lowest BCUT2D eigenvalue weighted by molar-refractivity contribution is 0.0965. The van der Waals surface area contributed by atoms with Crippen LogP contribution in [0.5, 0.6) is 0 Å². The molecule has 0 fully saturated rings. The van der Waals surface area contributed by atoms with Gasteiger partial charge in [-0.25, -0.2) is 0 Å². The molecule has 2 atom stereocenters. The molecule has 2 rings (SSSR count). The van der Waals surface area contributed by atoms with Gasteiger partial charge >= 0.3 is 0 Å². The van der Waals surface area contributed by atoms with Gasteiger partial charge in [0.05, 0.1) is 10.8 Å². The van der Waals surface area contributed by atoms with E-state index in [9.17, 15) is 9.00 Å². The van der Waals surface area contributed by atoms with Gasteiger partial charge in [0.25, 0.3) is 0 Å². The molecular weight excluding hydrogens is 339 g/mol. The summed E-state index contributed by atoms with van der Waals surface area (Å²) in [7, 11) is -1.62. The third-order valence-corrected chi connectivity index (χ3v) is 6.55. The minimum Gasteiger partial charge on any atom is -0.294 e. The highest BCUT2D eigenvalue weighted by atomic mass is 35.5. The van der Waals surface area contributed by atoms with Crippen LogP contribution in [0.3, 0.4) is 0 Å². The van der Waals surface area contributed by atoms with Crippen LogP contribution >= 0.6 is 23.2 Å². The van der Waals surface area contributed by atoms with Crippen molar-refractivity contribution >= 4 is 39.8 Å². The van der Waals surface area contributed by atoms with E-state index in [1.54, 1.807) is 55.5 Å². The number of alkyl halides is 2. The highest BCUT2D eigenvalue weighted by Gasteiger charge is 2.40. The molecule has 0 bridgehead atoms. The van der Waals surface area contributed by atoms with E-state index in [4.69, 9.17) is 23.2 Å². The Balaban J connectivity index is 2.12. The first kappa shape index (κ1) is 17.2. The van der Waals surface area contributed by atoms with Crippen LogP contribution in [0.4, 0.5) is 0 Å². The second-order valence-corrected chi connectivity index (χ2v) is 8.52. The topological polar surface area (TPSA) is 34.1 Å². The summed E-state index contributed by atoms with van der Waals surface area (Å²) in [5, 5.41) is 0. The zero-order valence-corrected chi connectivity index (χ0v) is 14.4. The molecule has 0 aliphatic heterocycles. The van der Waals surface area contributed by atoms with Crippen LogP contribution in [0, 0.1) is 5.92 Å². The van der Waals surface area contributed by atoms with Crippen LogP contribution < -0.4 is 0 Å². The quantitative estimate of drug-likeness (QED) is 0.549. The van der Waals surface area contributed by atoms with Crippen molar-refractivity contribution in [3.05, 3.63) is 66.2 Å². The number of hydrogen-bond acceptors (Lipinski definition) is 2. The van der Waals surface area contributed by atoms with Crippen molar-refractivity contribution in [2.75, 3.05) is 0 Å². The average Bonchev–Trinajstić information content (AvgIpc) is 2.55. The maximum Gasteiger partial charge on any atom is 0.199 e. The molecule has 0 saturated carbocycles. The fraction of sp³-hybridized carbons (Fsp3) is 0.235. The molecule has 0 N–H and O–H groups in total. The predicted octanol–water partition coefficient (Wildman–Crippen LogP) is 4.83. The van der Waals surface area contributed by atoms with E-state index in [0.717, 1.165) is 0 Å². The summed E-state index contributed by atoms with van der Waals surface area (Å²) in [6, 6.07) is 17.7. The van der Waals surface area contributed by atoms with Gasteiger partial charge in [0, 0.05) is 22.8 Å². The number of halogens is 2. The molecule has 2 unspecified atom stereocenters. The molecule has 0 aromatic heterocycles. The Kier molecular flexibility index (Phi) is 5.79. The smallest absolute Gasteiger partial charge is 0.199 e. The normalized spacial score (nSPS) is 14.3. The Morgan fingerprint density at radius 1 is 1.05 bits per heavy atom. The molecule has 0 heterocycles. The van der Waals surface area contributed by atoms with Gasteiger partial charge in [0.1, 0.15) is 0 Å². The van der Waals surface area contributed by atoms with Crippen LogP contribution in [-0.2, 0) is 10.8 Å². The van der Waals surface area contributed by atoms with E-state index in [1.165, 1.54) is 0 Å². The average molecular weight is 355 g/mol. The molecule has 0 spiro atoms. The van der Waals surface area contributed by atoms with Gasteiger partial charge in [-0.05, 0) is 12.1 Å². The predicted molar refractivity (Wildman–Crippen MR) is 91.8 cm³/mol. The number of carbonyl (C=O) groups excluding carboxylic acids is 1. The molecule has 2 aromatic carbocycles. The number of ketones is 1. The summed E-state index contributed by atoms with van der Waals surface area (Å²) in [5.74, 6) is -0.520. The second kappa shape index (κ2) is 7.40. The largest absolute Gasteiger partial charge is 0.294 e. The molecular formula is C17H16Cl2O2S. The molecule has 22 heavy (non-hydrogen) atoms. The van der Waals surface area contributed by atoms with E-state index in [-0.39, 0.29) is 12.2 Å². The van der Waals surface area contributed by atoms with Crippen molar-refractivity contribution in [2.24, 2.45) is 5.92 Å². The minimum atomic E-state index is -1.62. The highest BCUT2D eigenvalue weighted by Crippen LogP contribution is 2.39. The van der Waals surface area contributed by atoms with Crippen molar-refractivity contribution in [3.8, 4) is 0 Å². The lowest BCUT2D eigenvalue weighted by Crippen LogP contribution is -2.30. The molecule has 0 saturated heterocycles. The fourth-order valence-electron chi connectivity index (χ4n) is 2.02. The van der Waals surface area contributed by atoms with E-state index in [2.05, 4.69) is 0 Å². The summed E-state index contributed by atoms with van der Waals surface area (Å²) < 4.78 is 11.0. The lowest BCUT2D eigenvalue weighted by atomic mass is 10.0. The molecule has 0 aliphatic rings. The van der Waals surface area contributed by atoms with Crippen molar-refractivity contribution in [1.29, 1.82) is 0 Å². The maximum absolute atomic E-state index is 12.6. The molecule has 0 aliphatic carbocycles. The number of carbonyl (C=O) groups is 1. The fourth-order valence-corrected chi connectivity index (χ4v) is 3.88. The zero-order valence-electron chi connectivity index (χ0n) is 12.0. The Hall–Kier alpha value is -1.16. The molecule has 0 amide bonds. The number of hydrogen-bond donors (Lipinski definition) is 0. The Morgan fingerprint density at radius 3 is 2.09 bits per heavy atom. The van der Waals surface area contributed by atoms with Gasteiger partial charge in [-0.2, -0.15) is 0 Å². The zero-order chi connectivity index (χ0) is 16.2. The highest BCUT2D eigenvalue weighted by molar-refractivity contribution is 7.89. The van der Waals surface area contributed by atoms with Crippen LogP contribution in [0.25, 0.3) is 0 Å². The summed E-state index contributed by atoms with van der Waals surface area (Å²) in [6.07, 6.45) is 0.135. The van der Waals surface area contributed by atoms with Gasteiger partial charge in [-0.3, -0.25) is 9.00 Å². The molecule has 2 nitrogen and oxygen atoms in total. The van der Waals surface area contributed by atoms with E-state index < -0.39 is 20.4 Å². The van der Waals surface area contributed by atoms with Crippen LogP contribution in [0.1, 0.15) is 23.7 Å². The number of rotatable bonds is 6. The van der Waals surface area contributed by atoms with E-state index >= 15 is 0 Å². The van der Waals surface area contributed by atoms with Crippen LogP contribution in [0.15, 0.2) is 65.6 Å². The van der Waals surface area contributed by atoms with Crippen molar-refractivity contribution in [1.82, 2.24) is 0 Å². The summed E-state index contributed by atoms with van der Waals surface area (Å²) in [5.41, 5.74) is 0.601. The molecule has 0 radical (unpaired) electrons. The molecule has 2 aromatic rings. The van der Waals surface area contributed by atoms with Gasteiger partial charge in [-0.15, -0.1) is 0 Å². The van der Waals surface area contributed by atoms with Gasteiger partial charge < -0.3 is 0 Å². The Labute approximate surface area is 142 Å². The van der Waals surface area contributed by atoms with Crippen molar-refractivity contribution in [2.45, 2.75) is 21.9 Å². The lowest BCUT2D eigenvalue weighted by Gasteiger charge is -2.25. The monoisotopic (exact) mass is 354 g/mol. The summed E-state index contributed by atoms with van der Waals surface area (Å²) in [6.45, 7) is 1.74. The number of benzene rings is 2. The summed E-state index contributed by atoms with van der Waals surface area (Å²) in [4.78, 5) is 12.8. The number of Topliss-reactive ketones (excluding diaryl/α,β-unsaturated/α-hetero) is 1. The van der Waals surface area contributed by atoms with Gasteiger partial charge in [0.2, 0.25) is 0 Å². The third kappa shape index (κ3) is 3.97. The summed E-state index contributed by atoms with van der Waals surface area (Å²) >= 11 is 12.6. The minimum absolute atomic E-state index is 0.0659. The van der Waals surface area contributed by atoms with Gasteiger partial charge in [0.15, 0.2) is 9.45 Å². The van der Waals surface area contributed by atoms with Crippen LogP contribution in [-0.4, -0.2) is 13.7 Å². The van der Waals surface area contributed by atoms with Crippen molar-refractivity contribution < 1.29 is 9.00 Å². The first-order chi connectivity index (χ1) is 10.4. The first-order valence-electron chi connectivity index (χ1n) is 6.86. The van der Waals surface area contributed by atoms with E-state index in [1.807, 2.05) is 12.1 Å². The molecule has 5 heteroatoms. The molecule has 116 valence electrons. The Bertz CT molecular complexity index is 657. The standard InChI is InChI=1S/C17H16Cl2O2S/c1-13(12-16(20)14-8-4-2-5-9-14)17(18,19)22(21)15-10-6-3-7-11-15/h2-11,13H,12H2,1H3. The first-order valence-corrected chi connectivity index (χ1v) is 8.76.